The summed E-state index contributed by atoms with van der Waals surface area (Å²) in [4.78, 5) is 14.3. The molecule has 5 nitrogen and oxygen atoms in total. The highest BCUT2D eigenvalue weighted by atomic mass is 19.1. The zero-order valence-electron chi connectivity index (χ0n) is 9.54. The first-order valence-electron chi connectivity index (χ1n) is 5.25. The number of aromatic carboxylic acids is 1. The lowest BCUT2D eigenvalue weighted by atomic mass is 10.1. The summed E-state index contributed by atoms with van der Waals surface area (Å²) in [5.74, 6) is -2.33. The van der Waals surface area contributed by atoms with Crippen LogP contribution in [-0.4, -0.2) is 25.7 Å². The topological polar surface area (TPSA) is 75.3 Å². The number of carboxylic acid groups (broad SMARTS) is 1. The fourth-order valence-corrected chi connectivity index (χ4v) is 1.78. The van der Waals surface area contributed by atoms with Crippen molar-refractivity contribution in [2.75, 3.05) is 0 Å². The number of carboxylic acids is 1. The molecule has 1 aromatic heterocycles. The third-order valence-corrected chi connectivity index (χ3v) is 2.72. The van der Waals surface area contributed by atoms with Crippen LogP contribution in [0.1, 0.15) is 29.0 Å². The normalized spacial score (nSPS) is 12.3. The van der Waals surface area contributed by atoms with Crippen molar-refractivity contribution in [1.29, 1.82) is 0 Å². The molecular weight excluding hydrogens is 239 g/mol. The summed E-state index contributed by atoms with van der Waals surface area (Å²) < 4.78 is 14.5. The van der Waals surface area contributed by atoms with Crippen LogP contribution in [0.3, 0.4) is 0 Å². The maximum Gasteiger partial charge on any atom is 0.357 e. The van der Waals surface area contributed by atoms with E-state index in [0.717, 1.165) is 6.33 Å². The summed E-state index contributed by atoms with van der Waals surface area (Å²) in [6.07, 6.45) is 1.13. The maximum absolute atomic E-state index is 13.3. The number of nitrogens with zero attached hydrogens (tertiary/aromatic N) is 2. The van der Waals surface area contributed by atoms with E-state index in [1.54, 1.807) is 19.1 Å². The fourth-order valence-electron chi connectivity index (χ4n) is 1.78. The van der Waals surface area contributed by atoms with E-state index in [-0.39, 0.29) is 5.75 Å². The Morgan fingerprint density at radius 1 is 1.50 bits per heavy atom. The van der Waals surface area contributed by atoms with Gasteiger partial charge < -0.3 is 14.8 Å². The second kappa shape index (κ2) is 4.48. The largest absolute Gasteiger partial charge is 0.508 e. The van der Waals surface area contributed by atoms with Gasteiger partial charge in [-0.25, -0.2) is 9.78 Å². The van der Waals surface area contributed by atoms with E-state index < -0.39 is 23.7 Å². The molecule has 1 atom stereocenters. The zero-order valence-corrected chi connectivity index (χ0v) is 9.54. The first-order chi connectivity index (χ1) is 8.50. The minimum absolute atomic E-state index is 0.0665. The molecule has 0 saturated carbocycles. The summed E-state index contributed by atoms with van der Waals surface area (Å²) >= 11 is 0. The first-order valence-corrected chi connectivity index (χ1v) is 5.25. The molecule has 0 fully saturated rings. The number of benzene rings is 1. The van der Waals surface area contributed by atoms with Crippen molar-refractivity contribution < 1.29 is 19.4 Å². The molecule has 1 unspecified atom stereocenters. The standard InChI is InChI=1S/C12H11FN2O3/c1-7(8-3-2-4-9(16)5-8)15-6-14-11(13)10(15)12(17)18/h2-7,16H,1H3,(H,17,18). The Morgan fingerprint density at radius 3 is 2.83 bits per heavy atom. The molecule has 94 valence electrons. The third kappa shape index (κ3) is 2.04. The number of hydrogen-bond donors (Lipinski definition) is 2. The molecule has 2 rings (SSSR count). The zero-order chi connectivity index (χ0) is 13.3. The van der Waals surface area contributed by atoms with Gasteiger partial charge in [-0.05, 0) is 24.6 Å². The van der Waals surface area contributed by atoms with E-state index in [1.807, 2.05) is 0 Å². The number of phenolic OH excluding ortho intramolecular Hbond substituents is 1. The molecule has 18 heavy (non-hydrogen) atoms. The highest BCUT2D eigenvalue weighted by Gasteiger charge is 2.22. The van der Waals surface area contributed by atoms with Crippen LogP contribution in [0.2, 0.25) is 0 Å². The molecule has 0 aliphatic rings. The van der Waals surface area contributed by atoms with Gasteiger partial charge >= 0.3 is 5.97 Å². The molecule has 0 aliphatic carbocycles. The number of aromatic nitrogens is 2. The fraction of sp³-hybridized carbons (Fsp3) is 0.167. The lowest BCUT2D eigenvalue weighted by molar-refractivity contribution is 0.0678. The second-order valence-electron chi connectivity index (χ2n) is 3.87. The van der Waals surface area contributed by atoms with E-state index in [9.17, 15) is 14.3 Å². The molecule has 0 bridgehead atoms. The average molecular weight is 250 g/mol. The SMILES string of the molecule is CC(c1cccc(O)c1)n1cnc(F)c1C(=O)O. The van der Waals surface area contributed by atoms with Gasteiger partial charge in [-0.1, -0.05) is 12.1 Å². The maximum atomic E-state index is 13.3. The van der Waals surface area contributed by atoms with Gasteiger partial charge in [-0.3, -0.25) is 0 Å². The Morgan fingerprint density at radius 2 is 2.22 bits per heavy atom. The molecule has 0 radical (unpaired) electrons. The van der Waals surface area contributed by atoms with Crippen LogP contribution in [0, 0.1) is 5.95 Å². The van der Waals surface area contributed by atoms with E-state index in [2.05, 4.69) is 4.98 Å². The lowest BCUT2D eigenvalue weighted by Gasteiger charge is -2.15. The lowest BCUT2D eigenvalue weighted by Crippen LogP contribution is -2.14. The molecule has 6 heteroatoms. The van der Waals surface area contributed by atoms with Crippen molar-refractivity contribution in [3.8, 4) is 5.75 Å². The Bertz CT molecular complexity index is 595. The molecule has 2 aromatic rings. The number of phenols is 1. The van der Waals surface area contributed by atoms with Gasteiger partial charge in [0.25, 0.3) is 0 Å². The predicted molar refractivity (Wildman–Crippen MR) is 61.1 cm³/mol. The van der Waals surface area contributed by atoms with E-state index in [1.165, 1.54) is 16.7 Å². The molecule has 0 spiro atoms. The van der Waals surface area contributed by atoms with Gasteiger partial charge in [-0.2, -0.15) is 4.39 Å². The summed E-state index contributed by atoms with van der Waals surface area (Å²) in [5.41, 5.74) is 0.167. The van der Waals surface area contributed by atoms with Crippen LogP contribution in [0.25, 0.3) is 0 Å². The van der Waals surface area contributed by atoms with Crippen LogP contribution < -0.4 is 0 Å². The molecule has 0 saturated heterocycles. The molecular formula is C12H11FN2O3. The Labute approximate surface area is 102 Å². The Balaban J connectivity index is 2.46. The molecule has 1 aromatic carbocycles. The smallest absolute Gasteiger partial charge is 0.357 e. The Kier molecular flexibility index (Phi) is 3.01. The number of aromatic hydroxyl groups is 1. The van der Waals surface area contributed by atoms with Gasteiger partial charge in [0.1, 0.15) is 5.75 Å². The van der Waals surface area contributed by atoms with Crippen molar-refractivity contribution in [2.45, 2.75) is 13.0 Å². The first kappa shape index (κ1) is 12.1. The van der Waals surface area contributed by atoms with Crippen LogP contribution >= 0.6 is 0 Å². The summed E-state index contributed by atoms with van der Waals surface area (Å²) in [7, 11) is 0. The minimum atomic E-state index is -1.38. The number of halogens is 1. The van der Waals surface area contributed by atoms with Crippen molar-refractivity contribution >= 4 is 5.97 Å². The summed E-state index contributed by atoms with van der Waals surface area (Å²) in [6, 6.07) is 5.90. The van der Waals surface area contributed by atoms with Gasteiger partial charge in [-0.15, -0.1) is 0 Å². The number of imidazole rings is 1. The van der Waals surface area contributed by atoms with E-state index in [4.69, 9.17) is 5.11 Å². The molecule has 1 heterocycles. The number of carbonyl (C=O) groups is 1. The van der Waals surface area contributed by atoms with Gasteiger partial charge in [0.2, 0.25) is 5.95 Å². The number of hydrogen-bond acceptors (Lipinski definition) is 3. The Hall–Kier alpha value is -2.37. The van der Waals surface area contributed by atoms with Gasteiger partial charge in [0, 0.05) is 0 Å². The van der Waals surface area contributed by atoms with Gasteiger partial charge in [0.05, 0.1) is 12.4 Å². The van der Waals surface area contributed by atoms with Crippen LogP contribution in [-0.2, 0) is 0 Å². The number of rotatable bonds is 3. The van der Waals surface area contributed by atoms with Crippen LogP contribution in [0.4, 0.5) is 4.39 Å². The predicted octanol–water partition coefficient (Wildman–Crippen LogP) is 2.04. The van der Waals surface area contributed by atoms with Gasteiger partial charge in [0.15, 0.2) is 5.69 Å². The van der Waals surface area contributed by atoms with Crippen molar-refractivity contribution in [2.24, 2.45) is 0 Å². The van der Waals surface area contributed by atoms with Crippen LogP contribution in [0.5, 0.6) is 5.75 Å². The van der Waals surface area contributed by atoms with Crippen molar-refractivity contribution in [1.82, 2.24) is 9.55 Å². The molecule has 0 amide bonds. The van der Waals surface area contributed by atoms with Crippen molar-refractivity contribution in [3.63, 3.8) is 0 Å². The minimum Gasteiger partial charge on any atom is -0.508 e. The van der Waals surface area contributed by atoms with E-state index in [0.29, 0.717) is 5.56 Å². The van der Waals surface area contributed by atoms with E-state index >= 15 is 0 Å². The third-order valence-electron chi connectivity index (χ3n) is 2.72. The van der Waals surface area contributed by atoms with Crippen molar-refractivity contribution in [3.05, 3.63) is 47.8 Å². The highest BCUT2D eigenvalue weighted by molar-refractivity contribution is 5.85. The molecule has 0 aliphatic heterocycles. The monoisotopic (exact) mass is 250 g/mol. The molecule has 2 N–H and O–H groups in total. The second-order valence-corrected chi connectivity index (χ2v) is 3.87. The average Bonchev–Trinajstić information content (AvgIpc) is 2.70. The summed E-state index contributed by atoms with van der Waals surface area (Å²) in [5, 5.41) is 18.3. The quantitative estimate of drug-likeness (QED) is 0.874. The summed E-state index contributed by atoms with van der Waals surface area (Å²) in [6.45, 7) is 1.70. The van der Waals surface area contributed by atoms with Crippen LogP contribution in [0.15, 0.2) is 30.6 Å². The highest BCUT2D eigenvalue weighted by Crippen LogP contribution is 2.23.